The second kappa shape index (κ2) is 2.45. The molecule has 0 atom stereocenters. The van der Waals surface area contributed by atoms with E-state index in [0.29, 0.717) is 0 Å². The molecule has 4 heteroatoms. The first-order valence-corrected chi connectivity index (χ1v) is 2.53. The van der Waals surface area contributed by atoms with Crippen LogP contribution >= 0.6 is 0 Å². The lowest BCUT2D eigenvalue weighted by Crippen LogP contribution is -2.08. The minimum atomic E-state index is -0.512. The largest absolute Gasteiger partial charge is 0.336 e. The Morgan fingerprint density at radius 3 is 2.50 bits per heavy atom. The minimum Gasteiger partial charge on any atom is -0.336 e. The van der Waals surface area contributed by atoms with Gasteiger partial charge in [-0.15, -0.1) is 0 Å². The van der Waals surface area contributed by atoms with Crippen molar-refractivity contribution < 1.29 is 19.7 Å². The Balaban J connectivity index is 2.89. The SMILES string of the molecule is O=C1C=CC(=O)C(OO)=C1. The van der Waals surface area contributed by atoms with E-state index in [2.05, 4.69) is 4.89 Å². The predicted octanol–water partition coefficient (Wildman–Crippen LogP) is 0.0679. The van der Waals surface area contributed by atoms with Gasteiger partial charge in [0.2, 0.25) is 11.5 Å². The second-order valence-corrected chi connectivity index (χ2v) is 1.70. The van der Waals surface area contributed by atoms with Gasteiger partial charge in [-0.05, 0) is 12.2 Å². The normalized spacial score (nSPS) is 17.1. The summed E-state index contributed by atoms with van der Waals surface area (Å²) >= 11 is 0. The molecule has 0 aliphatic heterocycles. The molecule has 0 aromatic heterocycles. The summed E-state index contributed by atoms with van der Waals surface area (Å²) in [7, 11) is 0. The fourth-order valence-electron chi connectivity index (χ4n) is 0.560. The maximum absolute atomic E-state index is 10.6. The molecule has 0 heterocycles. The Labute approximate surface area is 56.3 Å². The van der Waals surface area contributed by atoms with Crippen LogP contribution < -0.4 is 0 Å². The van der Waals surface area contributed by atoms with Crippen molar-refractivity contribution in [2.45, 2.75) is 0 Å². The quantitative estimate of drug-likeness (QED) is 0.318. The maximum atomic E-state index is 10.6. The van der Waals surface area contributed by atoms with Crippen molar-refractivity contribution in [3.05, 3.63) is 24.0 Å². The molecule has 1 aliphatic carbocycles. The van der Waals surface area contributed by atoms with Crippen LogP contribution in [0, 0.1) is 0 Å². The number of carbonyl (C=O) groups excluding carboxylic acids is 2. The predicted molar refractivity (Wildman–Crippen MR) is 31.0 cm³/mol. The lowest BCUT2D eigenvalue weighted by Gasteiger charge is -1.99. The molecule has 1 aliphatic rings. The van der Waals surface area contributed by atoms with Crippen LogP contribution in [0.4, 0.5) is 0 Å². The van der Waals surface area contributed by atoms with Crippen LogP contribution in [0.25, 0.3) is 0 Å². The fourth-order valence-corrected chi connectivity index (χ4v) is 0.560. The van der Waals surface area contributed by atoms with Gasteiger partial charge in [-0.3, -0.25) is 9.59 Å². The van der Waals surface area contributed by atoms with Crippen molar-refractivity contribution in [1.82, 2.24) is 0 Å². The summed E-state index contributed by atoms with van der Waals surface area (Å²) in [6, 6.07) is 0. The second-order valence-electron chi connectivity index (χ2n) is 1.70. The van der Waals surface area contributed by atoms with E-state index in [-0.39, 0.29) is 11.5 Å². The third kappa shape index (κ3) is 1.11. The molecule has 1 N–H and O–H groups in total. The summed E-state index contributed by atoms with van der Waals surface area (Å²) in [5, 5.41) is 8.00. The van der Waals surface area contributed by atoms with Crippen LogP contribution in [-0.4, -0.2) is 16.8 Å². The highest BCUT2D eigenvalue weighted by atomic mass is 17.1. The molecular weight excluding hydrogens is 136 g/mol. The summed E-state index contributed by atoms with van der Waals surface area (Å²) < 4.78 is 0. The molecule has 0 saturated heterocycles. The first kappa shape index (κ1) is 6.70. The third-order valence-corrected chi connectivity index (χ3v) is 1.01. The Kier molecular flexibility index (Phi) is 1.64. The number of allylic oxidation sites excluding steroid dienone is 3. The highest BCUT2D eigenvalue weighted by molar-refractivity contribution is 6.16. The number of ketones is 2. The highest BCUT2D eigenvalue weighted by Gasteiger charge is 2.13. The van der Waals surface area contributed by atoms with Gasteiger partial charge in [-0.2, -0.15) is 0 Å². The lowest BCUT2D eigenvalue weighted by atomic mass is 10.1. The molecule has 0 aromatic carbocycles. The monoisotopic (exact) mass is 140 g/mol. The van der Waals surface area contributed by atoms with E-state index in [1.165, 1.54) is 0 Å². The molecule has 0 spiro atoms. The average molecular weight is 140 g/mol. The average Bonchev–Trinajstić information content (AvgIpc) is 1.94. The molecule has 0 amide bonds. The van der Waals surface area contributed by atoms with Crippen molar-refractivity contribution in [2.24, 2.45) is 0 Å². The molecule has 0 bridgehead atoms. The zero-order valence-electron chi connectivity index (χ0n) is 4.90. The smallest absolute Gasteiger partial charge is 0.224 e. The van der Waals surface area contributed by atoms with E-state index in [1.54, 1.807) is 0 Å². The molecule has 0 saturated carbocycles. The van der Waals surface area contributed by atoms with Gasteiger partial charge in [0.05, 0.1) is 0 Å². The van der Waals surface area contributed by atoms with E-state index in [9.17, 15) is 9.59 Å². The summed E-state index contributed by atoms with van der Waals surface area (Å²) in [6.07, 6.45) is 3.06. The van der Waals surface area contributed by atoms with E-state index in [4.69, 9.17) is 5.26 Å². The van der Waals surface area contributed by atoms with Crippen LogP contribution in [-0.2, 0) is 14.5 Å². The van der Waals surface area contributed by atoms with Gasteiger partial charge in [-0.25, -0.2) is 5.26 Å². The van der Waals surface area contributed by atoms with Crippen molar-refractivity contribution in [3.63, 3.8) is 0 Å². The first-order chi connectivity index (χ1) is 4.74. The van der Waals surface area contributed by atoms with Crippen molar-refractivity contribution in [1.29, 1.82) is 0 Å². The van der Waals surface area contributed by atoms with Gasteiger partial charge in [0.1, 0.15) is 0 Å². The van der Waals surface area contributed by atoms with Crippen LogP contribution in [0.2, 0.25) is 0 Å². The van der Waals surface area contributed by atoms with Gasteiger partial charge < -0.3 is 4.89 Å². The Hall–Kier alpha value is -1.42. The molecule has 0 unspecified atom stereocenters. The molecule has 0 radical (unpaired) electrons. The van der Waals surface area contributed by atoms with E-state index < -0.39 is 5.78 Å². The number of hydrogen-bond acceptors (Lipinski definition) is 4. The Morgan fingerprint density at radius 1 is 1.30 bits per heavy atom. The van der Waals surface area contributed by atoms with Crippen molar-refractivity contribution in [3.8, 4) is 0 Å². The zero-order chi connectivity index (χ0) is 7.56. The van der Waals surface area contributed by atoms with Gasteiger partial charge >= 0.3 is 0 Å². The summed E-state index contributed by atoms with van der Waals surface area (Å²) in [4.78, 5) is 24.7. The first-order valence-electron chi connectivity index (χ1n) is 2.53. The summed E-state index contributed by atoms with van der Waals surface area (Å²) in [6.45, 7) is 0. The van der Waals surface area contributed by atoms with Crippen molar-refractivity contribution in [2.75, 3.05) is 0 Å². The standard InChI is InChI=1S/C6H4O4/c7-4-1-2-5(8)6(3-4)10-9/h1-3,9H. The molecular formula is C6H4O4. The van der Waals surface area contributed by atoms with Crippen LogP contribution in [0.15, 0.2) is 24.0 Å². The topological polar surface area (TPSA) is 63.6 Å². The number of hydrogen-bond donors (Lipinski definition) is 1. The van der Waals surface area contributed by atoms with Gasteiger partial charge in [0, 0.05) is 6.08 Å². The van der Waals surface area contributed by atoms with Crippen LogP contribution in [0.5, 0.6) is 0 Å². The molecule has 10 heavy (non-hydrogen) atoms. The lowest BCUT2D eigenvalue weighted by molar-refractivity contribution is -0.204. The van der Waals surface area contributed by atoms with Gasteiger partial charge in [0.15, 0.2) is 5.78 Å². The van der Waals surface area contributed by atoms with E-state index in [1.807, 2.05) is 0 Å². The molecule has 52 valence electrons. The van der Waals surface area contributed by atoms with E-state index in [0.717, 1.165) is 18.2 Å². The Morgan fingerprint density at radius 2 is 2.00 bits per heavy atom. The van der Waals surface area contributed by atoms with Gasteiger partial charge in [0.25, 0.3) is 0 Å². The van der Waals surface area contributed by atoms with Crippen LogP contribution in [0.3, 0.4) is 0 Å². The molecule has 0 fully saturated rings. The number of rotatable bonds is 1. The Bertz CT molecular complexity index is 236. The number of carbonyl (C=O) groups is 2. The van der Waals surface area contributed by atoms with Crippen molar-refractivity contribution >= 4 is 11.6 Å². The molecule has 1 rings (SSSR count). The van der Waals surface area contributed by atoms with Crippen LogP contribution in [0.1, 0.15) is 0 Å². The third-order valence-electron chi connectivity index (χ3n) is 1.01. The molecule has 0 aromatic rings. The highest BCUT2D eigenvalue weighted by Crippen LogP contribution is 2.04. The molecule has 4 nitrogen and oxygen atoms in total. The zero-order valence-corrected chi connectivity index (χ0v) is 4.90. The van der Waals surface area contributed by atoms with E-state index >= 15 is 0 Å². The summed E-state index contributed by atoms with van der Waals surface area (Å²) in [5.74, 6) is -1.22. The fraction of sp³-hybridized carbons (Fsp3) is 0. The minimum absolute atomic E-state index is 0.340. The summed E-state index contributed by atoms with van der Waals surface area (Å²) in [5.41, 5.74) is 0. The maximum Gasteiger partial charge on any atom is 0.224 e. The van der Waals surface area contributed by atoms with Gasteiger partial charge in [-0.1, -0.05) is 0 Å².